The third kappa shape index (κ3) is 10.1. The Morgan fingerprint density at radius 3 is 1.79 bits per heavy atom. The van der Waals surface area contributed by atoms with E-state index >= 15 is 0 Å². The predicted molar refractivity (Wildman–Crippen MR) is 291 cm³/mol. The number of morpholine rings is 2. The second-order valence-electron chi connectivity index (χ2n) is 19.6. The van der Waals surface area contributed by atoms with E-state index < -0.39 is 31.2 Å². The molecule has 6 aromatic rings. The van der Waals surface area contributed by atoms with Crippen molar-refractivity contribution in [3.63, 3.8) is 0 Å². The lowest BCUT2D eigenvalue weighted by Gasteiger charge is -2.28. The number of nitrogens with zero attached hydrogens (tertiary/aromatic N) is 6. The van der Waals surface area contributed by atoms with E-state index in [1.165, 1.54) is 69.9 Å². The number of sulfonamides is 2. The second kappa shape index (κ2) is 21.6. The monoisotopic (exact) mass is 1110 g/mol. The molecular formula is C53H56Cl2N10O9S2. The topological polar surface area (TPSA) is 260 Å². The largest absolute Gasteiger partial charge is 0.398 e. The third-order valence-electron chi connectivity index (χ3n) is 14.9. The summed E-state index contributed by atoms with van der Waals surface area (Å²) in [6.45, 7) is 11.8. The van der Waals surface area contributed by atoms with Gasteiger partial charge in [-0.25, -0.2) is 16.8 Å². The number of benzene rings is 4. The average molecular weight is 1110 g/mol. The van der Waals surface area contributed by atoms with Gasteiger partial charge in [0.05, 0.1) is 86.0 Å². The number of nitrogens with one attached hydrogen (secondary N) is 3. The van der Waals surface area contributed by atoms with Crippen LogP contribution in [0.25, 0.3) is 21.5 Å². The minimum Gasteiger partial charge on any atom is -0.398 e. The summed E-state index contributed by atoms with van der Waals surface area (Å²) >= 11 is 12.5. The normalized spacial score (nSPS) is 20.9. The van der Waals surface area contributed by atoms with Crippen molar-refractivity contribution in [2.75, 3.05) is 85.3 Å². The Hall–Kier alpha value is -6.24. The number of aromatic amines is 2. The molecule has 4 aromatic carbocycles. The molecule has 76 heavy (non-hydrogen) atoms. The molecule has 5 N–H and O–H groups in total. The molecule has 8 heterocycles. The molecule has 2 aromatic heterocycles. The van der Waals surface area contributed by atoms with Gasteiger partial charge in [0.25, 0.3) is 31.2 Å². The SMILES string of the molecule is CCOC(C)CN1C[C@H]2C[C@@H]1CO2.N#Cc1cc(N)c2c(c1)N(S(=O)(=O)c1cccc3c(=O)[nH]cc(Cl)c13)CC2.N#Cc1cc(NCCN2C[C@H]3C[C@@H]2CO3)c2c(c1)N(S(=O)(=O)c1cccc3c(=O)[nH]cc(Cl)c13)CC2. The Bertz CT molecular complexity index is 3700. The molecule has 6 aliphatic rings. The van der Waals surface area contributed by atoms with Crippen LogP contribution in [0.4, 0.5) is 22.7 Å². The summed E-state index contributed by atoms with van der Waals surface area (Å²) < 4.78 is 73.9. The lowest BCUT2D eigenvalue weighted by Crippen LogP contribution is -2.41. The van der Waals surface area contributed by atoms with E-state index in [9.17, 15) is 36.9 Å². The highest BCUT2D eigenvalue weighted by atomic mass is 35.5. The molecule has 0 amide bonds. The number of hydrogen-bond acceptors (Lipinski definition) is 15. The van der Waals surface area contributed by atoms with Crippen LogP contribution < -0.4 is 30.8 Å². The predicted octanol–water partition coefficient (Wildman–Crippen LogP) is 5.96. The van der Waals surface area contributed by atoms with Crippen LogP contribution in [0.5, 0.6) is 0 Å². The number of anilines is 4. The maximum atomic E-state index is 13.9. The number of ether oxygens (including phenoxy) is 3. The van der Waals surface area contributed by atoms with Crippen LogP contribution in [0, 0.1) is 22.7 Å². The smallest absolute Gasteiger partial charge is 0.265 e. The summed E-state index contributed by atoms with van der Waals surface area (Å²) in [7, 11) is -8.09. The molecule has 0 saturated carbocycles. The molecule has 4 fully saturated rings. The number of hydrogen-bond donors (Lipinski definition) is 4. The van der Waals surface area contributed by atoms with E-state index in [-0.39, 0.29) is 60.0 Å². The first-order chi connectivity index (χ1) is 36.5. The van der Waals surface area contributed by atoms with E-state index in [2.05, 4.69) is 45.0 Å². The van der Waals surface area contributed by atoms with Gasteiger partial charge in [-0.15, -0.1) is 0 Å². The third-order valence-corrected chi connectivity index (χ3v) is 19.2. The summed E-state index contributed by atoms with van der Waals surface area (Å²) in [4.78, 5) is 34.2. The first-order valence-corrected chi connectivity index (χ1v) is 28.8. The van der Waals surface area contributed by atoms with Gasteiger partial charge in [0.15, 0.2) is 0 Å². The minimum atomic E-state index is -4.06. The highest BCUT2D eigenvalue weighted by molar-refractivity contribution is 7.93. The van der Waals surface area contributed by atoms with Crippen molar-refractivity contribution in [3.05, 3.63) is 126 Å². The van der Waals surface area contributed by atoms with Crippen molar-refractivity contribution in [1.82, 2.24) is 19.8 Å². The average Bonchev–Trinajstić information content (AvgIpc) is 4.32. The lowest BCUT2D eigenvalue weighted by molar-refractivity contribution is -0.00539. The van der Waals surface area contributed by atoms with Crippen LogP contribution in [0.15, 0.2) is 92.4 Å². The molecule has 12 rings (SSSR count). The van der Waals surface area contributed by atoms with E-state index in [1.54, 1.807) is 18.2 Å². The quantitative estimate of drug-likeness (QED) is 0.103. The zero-order valence-corrected chi connectivity index (χ0v) is 44.9. The van der Waals surface area contributed by atoms with E-state index in [0.717, 1.165) is 63.7 Å². The Kier molecular flexibility index (Phi) is 15.1. The number of nitriles is 2. The molecule has 398 valence electrons. The zero-order valence-electron chi connectivity index (χ0n) is 41.7. The Morgan fingerprint density at radius 2 is 1.29 bits per heavy atom. The molecule has 5 atom stereocenters. The van der Waals surface area contributed by atoms with Crippen LogP contribution in [-0.4, -0.2) is 133 Å². The summed E-state index contributed by atoms with van der Waals surface area (Å²) in [6, 6.07) is 20.7. The molecule has 1 unspecified atom stereocenters. The van der Waals surface area contributed by atoms with Gasteiger partial charge < -0.3 is 35.2 Å². The molecule has 0 spiro atoms. The molecule has 0 aliphatic carbocycles. The van der Waals surface area contributed by atoms with Gasteiger partial charge in [-0.2, -0.15) is 10.5 Å². The number of H-pyrrole nitrogens is 2. The van der Waals surface area contributed by atoms with Crippen molar-refractivity contribution < 1.29 is 31.0 Å². The van der Waals surface area contributed by atoms with Gasteiger partial charge in [-0.1, -0.05) is 35.3 Å². The highest BCUT2D eigenvalue weighted by Crippen LogP contribution is 2.42. The molecular weight excluding hydrogens is 1060 g/mol. The first kappa shape index (κ1) is 53.2. The molecule has 4 saturated heterocycles. The number of nitrogens with two attached hydrogens (primary N) is 1. The van der Waals surface area contributed by atoms with Crippen molar-refractivity contribution in [1.29, 1.82) is 10.5 Å². The summed E-state index contributed by atoms with van der Waals surface area (Å²) in [5.74, 6) is 0. The lowest BCUT2D eigenvalue weighted by atomic mass is 10.1. The van der Waals surface area contributed by atoms with Crippen molar-refractivity contribution in [2.24, 2.45) is 0 Å². The van der Waals surface area contributed by atoms with Gasteiger partial charge >= 0.3 is 0 Å². The Labute approximate surface area is 449 Å². The van der Waals surface area contributed by atoms with Crippen molar-refractivity contribution in [3.8, 4) is 12.1 Å². The highest BCUT2D eigenvalue weighted by Gasteiger charge is 2.41. The van der Waals surface area contributed by atoms with Crippen molar-refractivity contribution >= 4 is 87.5 Å². The van der Waals surface area contributed by atoms with Gasteiger partial charge in [0.1, 0.15) is 0 Å². The number of aromatic nitrogens is 2. The molecule has 23 heteroatoms. The fourth-order valence-electron chi connectivity index (χ4n) is 11.4. The van der Waals surface area contributed by atoms with Crippen molar-refractivity contribution in [2.45, 2.75) is 79.7 Å². The van der Waals surface area contributed by atoms with Crippen LogP contribution in [0.3, 0.4) is 0 Å². The van der Waals surface area contributed by atoms with Gasteiger partial charge in [0.2, 0.25) is 0 Å². The van der Waals surface area contributed by atoms with E-state index in [4.69, 9.17) is 43.1 Å². The number of likely N-dealkylation sites (tertiary alicyclic amines) is 2. The second-order valence-corrected chi connectivity index (χ2v) is 24.1. The molecule has 0 radical (unpaired) electrons. The van der Waals surface area contributed by atoms with E-state index in [0.29, 0.717) is 78.0 Å². The minimum absolute atomic E-state index is 0.0351. The zero-order chi connectivity index (χ0) is 53.6. The number of rotatable bonds is 12. The Morgan fingerprint density at radius 1 is 0.776 bits per heavy atom. The fourth-order valence-corrected chi connectivity index (χ4v) is 15.5. The van der Waals surface area contributed by atoms with Crippen LogP contribution in [0.2, 0.25) is 10.0 Å². The Balaban J connectivity index is 0.000000144. The first-order valence-electron chi connectivity index (χ1n) is 25.1. The van der Waals surface area contributed by atoms with E-state index in [1.807, 2.05) is 6.07 Å². The molecule has 19 nitrogen and oxygen atoms in total. The van der Waals surface area contributed by atoms with Crippen LogP contribution >= 0.6 is 23.2 Å². The van der Waals surface area contributed by atoms with Gasteiger partial charge in [-0.05, 0) is 88.1 Å². The number of fused-ring (bicyclic) bond motifs is 8. The number of nitrogen functional groups attached to an aromatic ring is 1. The summed E-state index contributed by atoms with van der Waals surface area (Å²) in [6.07, 6.45) is 7.04. The number of pyridine rings is 2. The fraction of sp³-hybridized carbons (Fsp3) is 0.396. The summed E-state index contributed by atoms with van der Waals surface area (Å²) in [5, 5.41) is 23.3. The molecule has 4 bridgehead atoms. The maximum Gasteiger partial charge on any atom is 0.265 e. The van der Waals surface area contributed by atoms with Crippen LogP contribution in [0.1, 0.15) is 48.9 Å². The number of halogens is 2. The summed E-state index contributed by atoms with van der Waals surface area (Å²) in [5.41, 5.74) is 9.35. The standard InChI is InChI=1S/C25H24ClN5O4S.C18H13ClN4O3S.C10H19NO2/c26-20-12-29-25(32)19-2-1-3-23(24(19)20)36(33,34)31-6-4-18-21(8-15(11-27)9-22(18)31)28-5-7-30-13-17-10-16(30)14-35-17;19-13-9-22-18(24)12-2-1-3-16(17(12)13)27(25,26)23-5-4-11-14(21)6-10(8-20)7-15(11)23;1-3-12-8(2)5-11-6-10-4-9(11)7-13-10/h1-3,8-9,12,16-17,28H,4-7,10,13-14H2,(H,29,32);1-3,6-7,9H,4-5,21H2,(H,22,24);8-10H,3-7H2,1-2H3/t16-,17-;;8?,9-,10-/m1.1/s1. The van der Waals surface area contributed by atoms with Gasteiger partial charge in [-0.3, -0.25) is 28.0 Å². The van der Waals surface area contributed by atoms with Gasteiger partial charge in [0, 0.05) is 121 Å². The van der Waals surface area contributed by atoms with Crippen LogP contribution in [-0.2, 0) is 47.1 Å². The maximum absolute atomic E-state index is 13.9. The molecule has 6 aliphatic heterocycles.